The smallest absolute Gasteiger partial charge is 0.248 e. The molecule has 3 aliphatic rings. The summed E-state index contributed by atoms with van der Waals surface area (Å²) in [4.78, 5) is 41.4. The van der Waals surface area contributed by atoms with Crippen LogP contribution in [0.25, 0.3) is 0 Å². The fourth-order valence-corrected chi connectivity index (χ4v) is 5.42. The molecule has 2 aromatic carbocycles. The molecule has 0 unspecified atom stereocenters. The van der Waals surface area contributed by atoms with Crippen LogP contribution in [0, 0.1) is 37.5 Å². The molecule has 2 aromatic rings. The average molecular weight is 415 g/mol. The highest BCUT2D eigenvalue weighted by atomic mass is 16.2. The van der Waals surface area contributed by atoms with Crippen LogP contribution in [0.2, 0.25) is 0 Å². The number of fused-ring (bicyclic) bond motifs is 5. The normalized spacial score (nSPS) is 27.0. The lowest BCUT2D eigenvalue weighted by atomic mass is 9.85. The Bertz CT molecular complexity index is 1060. The number of carbonyl (C=O) groups excluding carboxylic acids is 3. The van der Waals surface area contributed by atoms with Crippen LogP contribution in [0.1, 0.15) is 23.1 Å². The molecule has 5 heteroatoms. The largest absolute Gasteiger partial charge is 0.324 e. The third kappa shape index (κ3) is 3.29. The van der Waals surface area contributed by atoms with Gasteiger partial charge in [0.25, 0.3) is 0 Å². The minimum atomic E-state index is -0.867. The first-order valence-corrected chi connectivity index (χ1v) is 10.9. The van der Waals surface area contributed by atoms with Crippen LogP contribution in [-0.2, 0) is 20.8 Å². The maximum absolute atomic E-state index is 13.4. The van der Waals surface area contributed by atoms with Gasteiger partial charge in [-0.05, 0) is 60.9 Å². The lowest BCUT2D eigenvalue weighted by Gasteiger charge is -2.27. The van der Waals surface area contributed by atoms with E-state index in [-0.39, 0.29) is 41.4 Å². The van der Waals surface area contributed by atoms with Crippen LogP contribution in [-0.4, -0.2) is 28.7 Å². The SMILES string of the molecule is Cc1ccc(NC(=O)[C@H](Cc2ccccc2)N2C(=O)[C@@H]3[C@@H](C2=O)[C@H]2C=C[C@H]3C2)cc1C. The van der Waals surface area contributed by atoms with Gasteiger partial charge < -0.3 is 5.32 Å². The van der Waals surface area contributed by atoms with Gasteiger partial charge in [-0.15, -0.1) is 0 Å². The number of hydrogen-bond donors (Lipinski definition) is 1. The van der Waals surface area contributed by atoms with Crippen molar-refractivity contribution in [3.63, 3.8) is 0 Å². The van der Waals surface area contributed by atoms with Gasteiger partial charge in [0.05, 0.1) is 11.8 Å². The molecule has 2 bridgehead atoms. The van der Waals surface area contributed by atoms with E-state index in [4.69, 9.17) is 0 Å². The van der Waals surface area contributed by atoms with Crippen LogP contribution in [0.3, 0.4) is 0 Å². The molecule has 1 saturated carbocycles. The Morgan fingerprint density at radius 2 is 1.61 bits per heavy atom. The van der Waals surface area contributed by atoms with E-state index < -0.39 is 6.04 Å². The van der Waals surface area contributed by atoms with Gasteiger partial charge in [0.15, 0.2) is 0 Å². The van der Waals surface area contributed by atoms with Crippen molar-refractivity contribution < 1.29 is 14.4 Å². The standard InChI is InChI=1S/C26H26N2O3/c1-15-8-11-20(12-16(15)2)27-24(29)21(13-17-6-4-3-5-7-17)28-25(30)22-18-9-10-19(14-18)23(22)26(28)31/h3-12,18-19,21-23H,13-14H2,1-2H3,(H,27,29)/t18-,19-,21-,22-,23-/m0/s1. The van der Waals surface area contributed by atoms with Gasteiger partial charge in [-0.3, -0.25) is 19.3 Å². The quantitative estimate of drug-likeness (QED) is 0.600. The third-order valence-electron chi connectivity index (χ3n) is 7.17. The first kappa shape index (κ1) is 19.7. The number of imide groups is 1. The van der Waals surface area contributed by atoms with Gasteiger partial charge in [-0.1, -0.05) is 48.6 Å². The molecule has 0 aromatic heterocycles. The molecule has 0 radical (unpaired) electrons. The average Bonchev–Trinajstić information content (AvgIpc) is 3.44. The van der Waals surface area contributed by atoms with Crippen molar-refractivity contribution in [2.75, 3.05) is 5.32 Å². The number of nitrogens with zero attached hydrogens (tertiary/aromatic N) is 1. The Labute approximate surface area is 182 Å². The number of amides is 3. The highest BCUT2D eigenvalue weighted by Crippen LogP contribution is 2.53. The Morgan fingerprint density at radius 3 is 2.23 bits per heavy atom. The highest BCUT2D eigenvalue weighted by molar-refractivity contribution is 6.11. The summed E-state index contributed by atoms with van der Waals surface area (Å²) >= 11 is 0. The van der Waals surface area contributed by atoms with E-state index in [1.807, 2.05) is 62.4 Å². The molecular weight excluding hydrogens is 388 g/mol. The predicted octanol–water partition coefficient (Wildman–Crippen LogP) is 3.66. The van der Waals surface area contributed by atoms with Crippen molar-refractivity contribution in [1.82, 2.24) is 4.90 Å². The van der Waals surface area contributed by atoms with E-state index in [1.165, 1.54) is 4.90 Å². The Hall–Kier alpha value is -3.21. The minimum Gasteiger partial charge on any atom is -0.324 e. The van der Waals surface area contributed by atoms with E-state index in [2.05, 4.69) is 17.5 Å². The molecule has 0 spiro atoms. The van der Waals surface area contributed by atoms with Crippen LogP contribution < -0.4 is 5.32 Å². The lowest BCUT2D eigenvalue weighted by Crippen LogP contribution is -2.49. The second-order valence-corrected chi connectivity index (χ2v) is 9.04. The summed E-state index contributed by atoms with van der Waals surface area (Å²) in [5.41, 5.74) is 3.80. The van der Waals surface area contributed by atoms with Gasteiger partial charge in [0.2, 0.25) is 17.7 Å². The van der Waals surface area contributed by atoms with E-state index in [9.17, 15) is 14.4 Å². The van der Waals surface area contributed by atoms with E-state index in [1.54, 1.807) is 0 Å². The summed E-state index contributed by atoms with van der Waals surface area (Å²) in [5, 5.41) is 2.95. The fourth-order valence-electron chi connectivity index (χ4n) is 5.42. The highest BCUT2D eigenvalue weighted by Gasteiger charge is 2.61. The summed E-state index contributed by atoms with van der Waals surface area (Å²) in [6.45, 7) is 4.01. The number of aryl methyl sites for hydroxylation is 2. The number of likely N-dealkylation sites (tertiary alicyclic amines) is 1. The van der Waals surface area contributed by atoms with Crippen molar-refractivity contribution >= 4 is 23.4 Å². The van der Waals surface area contributed by atoms with Gasteiger partial charge in [0.1, 0.15) is 6.04 Å². The zero-order valence-corrected chi connectivity index (χ0v) is 17.7. The molecule has 158 valence electrons. The maximum Gasteiger partial charge on any atom is 0.248 e. The van der Waals surface area contributed by atoms with Crippen molar-refractivity contribution in [3.8, 4) is 0 Å². The maximum atomic E-state index is 13.4. The predicted molar refractivity (Wildman–Crippen MR) is 118 cm³/mol. The Morgan fingerprint density at radius 1 is 0.968 bits per heavy atom. The second kappa shape index (κ2) is 7.49. The molecule has 2 fully saturated rings. The number of benzene rings is 2. The van der Waals surface area contributed by atoms with Crippen molar-refractivity contribution in [2.24, 2.45) is 23.7 Å². The third-order valence-corrected chi connectivity index (χ3v) is 7.17. The van der Waals surface area contributed by atoms with Crippen LogP contribution >= 0.6 is 0 Å². The van der Waals surface area contributed by atoms with E-state index in [0.717, 1.165) is 23.1 Å². The zero-order valence-electron chi connectivity index (χ0n) is 17.7. The molecular formula is C26H26N2O3. The molecule has 1 heterocycles. The number of nitrogens with one attached hydrogen (secondary N) is 1. The summed E-state index contributed by atoms with van der Waals surface area (Å²) < 4.78 is 0. The molecule has 1 N–H and O–H groups in total. The summed E-state index contributed by atoms with van der Waals surface area (Å²) in [7, 11) is 0. The van der Waals surface area contributed by atoms with Crippen LogP contribution in [0.5, 0.6) is 0 Å². The van der Waals surface area contributed by atoms with Crippen LogP contribution in [0.4, 0.5) is 5.69 Å². The number of allylic oxidation sites excluding steroid dienone is 2. The minimum absolute atomic E-state index is 0.122. The van der Waals surface area contributed by atoms with Gasteiger partial charge in [-0.25, -0.2) is 0 Å². The molecule has 31 heavy (non-hydrogen) atoms. The summed E-state index contributed by atoms with van der Waals surface area (Å²) in [6, 6.07) is 14.4. The molecule has 5 atom stereocenters. The summed E-state index contributed by atoms with van der Waals surface area (Å²) in [6.07, 6.45) is 5.32. The molecule has 1 aliphatic heterocycles. The molecule has 5 rings (SSSR count). The van der Waals surface area contributed by atoms with Crippen molar-refractivity contribution in [2.45, 2.75) is 32.7 Å². The topological polar surface area (TPSA) is 66.5 Å². The molecule has 3 amide bonds. The van der Waals surface area contributed by atoms with Crippen molar-refractivity contribution in [3.05, 3.63) is 77.4 Å². The first-order valence-electron chi connectivity index (χ1n) is 10.9. The Balaban J connectivity index is 1.46. The number of hydrogen-bond acceptors (Lipinski definition) is 3. The van der Waals surface area contributed by atoms with Crippen molar-refractivity contribution in [1.29, 1.82) is 0 Å². The molecule has 2 aliphatic carbocycles. The lowest BCUT2D eigenvalue weighted by molar-refractivity contribution is -0.147. The second-order valence-electron chi connectivity index (χ2n) is 9.04. The fraction of sp³-hybridized carbons (Fsp3) is 0.346. The number of carbonyl (C=O) groups is 3. The van der Waals surface area contributed by atoms with Gasteiger partial charge >= 0.3 is 0 Å². The van der Waals surface area contributed by atoms with E-state index >= 15 is 0 Å². The number of rotatable bonds is 5. The monoisotopic (exact) mass is 414 g/mol. The first-order chi connectivity index (χ1) is 14.9. The van der Waals surface area contributed by atoms with E-state index in [0.29, 0.717) is 12.1 Å². The number of anilines is 1. The zero-order chi connectivity index (χ0) is 21.7. The Kier molecular flexibility index (Phi) is 4.77. The van der Waals surface area contributed by atoms with Gasteiger partial charge in [0, 0.05) is 12.1 Å². The molecule has 5 nitrogen and oxygen atoms in total. The molecule has 1 saturated heterocycles. The summed E-state index contributed by atoms with van der Waals surface area (Å²) in [5.74, 6) is -1.08. The van der Waals surface area contributed by atoms with Crippen LogP contribution in [0.15, 0.2) is 60.7 Å². The van der Waals surface area contributed by atoms with Gasteiger partial charge in [-0.2, -0.15) is 0 Å².